The van der Waals surface area contributed by atoms with Crippen LogP contribution >= 0.6 is 0 Å². The van der Waals surface area contributed by atoms with Gasteiger partial charge in [0.25, 0.3) is 10.0 Å². The van der Waals surface area contributed by atoms with E-state index < -0.39 is 10.0 Å². The summed E-state index contributed by atoms with van der Waals surface area (Å²) < 4.78 is 26.6. The van der Waals surface area contributed by atoms with E-state index in [0.717, 1.165) is 5.69 Å². The molecule has 0 radical (unpaired) electrons. The Kier molecular flexibility index (Phi) is 4.35. The number of nitrogens with zero attached hydrogens (tertiary/aromatic N) is 2. The molecule has 0 saturated heterocycles. The number of aromatic amines is 1. The van der Waals surface area contributed by atoms with Gasteiger partial charge in [-0.05, 0) is 12.1 Å². The molecule has 2 rings (SSSR count). The first-order chi connectivity index (χ1) is 9.47. The second kappa shape index (κ2) is 6.02. The molecule has 8 heteroatoms. The molecule has 108 valence electrons. The van der Waals surface area contributed by atoms with E-state index in [1.165, 1.54) is 18.6 Å². The van der Waals surface area contributed by atoms with Gasteiger partial charge >= 0.3 is 0 Å². The van der Waals surface area contributed by atoms with Crippen molar-refractivity contribution in [1.29, 1.82) is 0 Å². The van der Waals surface area contributed by atoms with Gasteiger partial charge < -0.3 is 10.3 Å². The summed E-state index contributed by atoms with van der Waals surface area (Å²) in [6.45, 7) is 4.62. The predicted octanol–water partition coefficient (Wildman–Crippen LogP) is 1.10. The van der Waals surface area contributed by atoms with Gasteiger partial charge in [-0.15, -0.1) is 0 Å². The maximum absolute atomic E-state index is 12.1. The normalized spacial score (nSPS) is 11.8. The Balaban J connectivity index is 2.10. The van der Waals surface area contributed by atoms with Gasteiger partial charge in [0.2, 0.25) is 5.95 Å². The molecule has 0 amide bonds. The Hall–Kier alpha value is -1.93. The summed E-state index contributed by atoms with van der Waals surface area (Å²) in [4.78, 5) is 10.8. The van der Waals surface area contributed by atoms with Crippen molar-refractivity contribution >= 4 is 16.0 Å². The van der Waals surface area contributed by atoms with Crippen LogP contribution in [-0.4, -0.2) is 29.4 Å². The summed E-state index contributed by atoms with van der Waals surface area (Å²) in [7, 11) is -3.67. The predicted molar refractivity (Wildman–Crippen MR) is 75.6 cm³/mol. The summed E-state index contributed by atoms with van der Waals surface area (Å²) >= 11 is 0. The topological polar surface area (TPSA) is 99.8 Å². The molecular formula is C12H17N5O2S. The minimum atomic E-state index is -3.67. The van der Waals surface area contributed by atoms with E-state index >= 15 is 0 Å². The van der Waals surface area contributed by atoms with Crippen LogP contribution in [0.2, 0.25) is 0 Å². The Morgan fingerprint density at radius 3 is 2.65 bits per heavy atom. The van der Waals surface area contributed by atoms with Crippen molar-refractivity contribution in [3.63, 3.8) is 0 Å². The second-order valence-corrected chi connectivity index (χ2v) is 6.26. The number of aromatic nitrogens is 3. The van der Waals surface area contributed by atoms with Crippen LogP contribution in [0.3, 0.4) is 0 Å². The standard InChI is InChI=1S/C12H17N5O2S/c1-9(2)15-7-10-6-11(8-16-10)20(18,19)17-12-13-4-3-5-14-12/h3-6,8-9,15-16H,7H2,1-2H3,(H,13,14,17). The average Bonchev–Trinajstić information content (AvgIpc) is 2.86. The fourth-order valence-corrected chi connectivity index (χ4v) is 2.50. The number of sulfonamides is 1. The number of rotatable bonds is 6. The highest BCUT2D eigenvalue weighted by Crippen LogP contribution is 2.14. The molecule has 0 unspecified atom stereocenters. The molecule has 0 fully saturated rings. The highest BCUT2D eigenvalue weighted by Gasteiger charge is 2.17. The number of H-pyrrole nitrogens is 1. The van der Waals surface area contributed by atoms with Gasteiger partial charge in [0.05, 0.1) is 0 Å². The summed E-state index contributed by atoms with van der Waals surface area (Å²) in [5.74, 6) is 0.0514. The number of nitrogens with one attached hydrogen (secondary N) is 3. The first-order valence-corrected chi connectivity index (χ1v) is 7.66. The summed E-state index contributed by atoms with van der Waals surface area (Å²) in [6.07, 6.45) is 4.39. The van der Waals surface area contributed by atoms with Crippen LogP contribution in [-0.2, 0) is 16.6 Å². The van der Waals surface area contributed by atoms with Crippen molar-refractivity contribution in [3.05, 3.63) is 36.4 Å². The fraction of sp³-hybridized carbons (Fsp3) is 0.333. The highest BCUT2D eigenvalue weighted by atomic mass is 32.2. The summed E-state index contributed by atoms with van der Waals surface area (Å²) in [5.41, 5.74) is 0.799. The maximum Gasteiger partial charge on any atom is 0.265 e. The van der Waals surface area contributed by atoms with Crippen molar-refractivity contribution in [2.75, 3.05) is 4.72 Å². The van der Waals surface area contributed by atoms with E-state index in [0.29, 0.717) is 12.6 Å². The van der Waals surface area contributed by atoms with Crippen molar-refractivity contribution in [1.82, 2.24) is 20.3 Å². The van der Waals surface area contributed by atoms with Gasteiger partial charge in [-0.3, -0.25) is 0 Å². The van der Waals surface area contributed by atoms with E-state index in [4.69, 9.17) is 0 Å². The molecule has 3 N–H and O–H groups in total. The Labute approximate surface area is 117 Å². The largest absolute Gasteiger partial charge is 0.363 e. The SMILES string of the molecule is CC(C)NCc1cc(S(=O)(=O)Nc2ncccn2)c[nH]1. The van der Waals surface area contributed by atoms with Gasteiger partial charge in [0, 0.05) is 36.9 Å². The van der Waals surface area contributed by atoms with E-state index in [9.17, 15) is 8.42 Å². The van der Waals surface area contributed by atoms with Crippen molar-refractivity contribution < 1.29 is 8.42 Å². The Morgan fingerprint density at radius 1 is 1.30 bits per heavy atom. The molecule has 7 nitrogen and oxygen atoms in total. The fourth-order valence-electron chi connectivity index (χ4n) is 1.52. The monoisotopic (exact) mass is 295 g/mol. The van der Waals surface area contributed by atoms with Gasteiger partial charge in [0.15, 0.2) is 0 Å². The lowest BCUT2D eigenvalue weighted by atomic mass is 10.3. The first-order valence-electron chi connectivity index (χ1n) is 6.18. The van der Waals surface area contributed by atoms with Crippen molar-refractivity contribution in [2.24, 2.45) is 0 Å². The minimum absolute atomic E-state index is 0.0514. The third-order valence-corrected chi connectivity index (χ3v) is 3.83. The van der Waals surface area contributed by atoms with Crippen LogP contribution < -0.4 is 10.0 Å². The molecule has 0 atom stereocenters. The van der Waals surface area contributed by atoms with Gasteiger partial charge in [-0.25, -0.2) is 23.1 Å². The quantitative estimate of drug-likeness (QED) is 0.741. The molecule has 20 heavy (non-hydrogen) atoms. The minimum Gasteiger partial charge on any atom is -0.363 e. The zero-order valence-corrected chi connectivity index (χ0v) is 12.1. The Bertz CT molecular complexity index is 651. The van der Waals surface area contributed by atoms with Crippen LogP contribution in [0.25, 0.3) is 0 Å². The Morgan fingerprint density at radius 2 is 2.00 bits per heavy atom. The second-order valence-electron chi connectivity index (χ2n) is 4.57. The molecule has 0 aliphatic carbocycles. The van der Waals surface area contributed by atoms with Gasteiger partial charge in [-0.2, -0.15) is 0 Å². The van der Waals surface area contributed by atoms with Crippen LogP contribution in [0.1, 0.15) is 19.5 Å². The van der Waals surface area contributed by atoms with E-state index in [-0.39, 0.29) is 10.8 Å². The van der Waals surface area contributed by atoms with Gasteiger partial charge in [-0.1, -0.05) is 13.8 Å². The van der Waals surface area contributed by atoms with Gasteiger partial charge in [0.1, 0.15) is 4.90 Å². The van der Waals surface area contributed by atoms with Crippen LogP contribution in [0, 0.1) is 0 Å². The van der Waals surface area contributed by atoms with Crippen LogP contribution in [0.5, 0.6) is 0 Å². The molecule has 0 saturated carbocycles. The lowest BCUT2D eigenvalue weighted by Crippen LogP contribution is -2.21. The third kappa shape index (κ3) is 3.78. The van der Waals surface area contributed by atoms with E-state index in [1.54, 1.807) is 12.1 Å². The summed E-state index contributed by atoms with van der Waals surface area (Å²) in [6, 6.07) is 3.53. The molecule has 2 heterocycles. The summed E-state index contributed by atoms with van der Waals surface area (Å²) in [5, 5.41) is 3.21. The van der Waals surface area contributed by atoms with Crippen LogP contribution in [0.15, 0.2) is 35.6 Å². The molecule has 0 aliphatic heterocycles. The number of anilines is 1. The molecule has 0 spiro atoms. The molecule has 0 aliphatic rings. The molecule has 2 aromatic rings. The van der Waals surface area contributed by atoms with Crippen molar-refractivity contribution in [3.8, 4) is 0 Å². The van der Waals surface area contributed by atoms with Crippen molar-refractivity contribution in [2.45, 2.75) is 31.3 Å². The zero-order valence-electron chi connectivity index (χ0n) is 11.3. The molecular weight excluding hydrogens is 278 g/mol. The number of hydrogen-bond donors (Lipinski definition) is 3. The maximum atomic E-state index is 12.1. The van der Waals surface area contributed by atoms with E-state index in [2.05, 4.69) is 25.0 Å². The first kappa shape index (κ1) is 14.5. The highest BCUT2D eigenvalue weighted by molar-refractivity contribution is 7.92. The molecule has 0 aromatic carbocycles. The lowest BCUT2D eigenvalue weighted by molar-refractivity contribution is 0.582. The number of hydrogen-bond acceptors (Lipinski definition) is 5. The van der Waals surface area contributed by atoms with E-state index in [1.807, 2.05) is 13.8 Å². The third-order valence-electron chi connectivity index (χ3n) is 2.52. The molecule has 0 bridgehead atoms. The smallest absolute Gasteiger partial charge is 0.265 e. The zero-order chi connectivity index (χ0) is 14.6. The average molecular weight is 295 g/mol. The lowest BCUT2D eigenvalue weighted by Gasteiger charge is -2.05. The molecule has 2 aromatic heterocycles. The van der Waals surface area contributed by atoms with Crippen LogP contribution in [0.4, 0.5) is 5.95 Å².